The van der Waals surface area contributed by atoms with Crippen molar-refractivity contribution in [1.82, 2.24) is 20.2 Å². The van der Waals surface area contributed by atoms with E-state index in [1.807, 2.05) is 155 Å². The number of fused-ring (bicyclic) bond motifs is 2. The van der Waals surface area contributed by atoms with E-state index in [-0.39, 0.29) is 12.1 Å². The van der Waals surface area contributed by atoms with Gasteiger partial charge in [-0.05, 0) is 108 Å². The van der Waals surface area contributed by atoms with Gasteiger partial charge in [0.15, 0.2) is 0 Å². The number of hydrogen-bond donors (Lipinski definition) is 1. The van der Waals surface area contributed by atoms with Gasteiger partial charge in [-0.25, -0.2) is 9.59 Å². The lowest BCUT2D eigenvalue weighted by Crippen LogP contribution is -2.29. The van der Waals surface area contributed by atoms with E-state index in [9.17, 15) is 9.59 Å². The van der Waals surface area contributed by atoms with Crippen molar-refractivity contribution in [1.29, 1.82) is 0 Å². The number of hydrogen-bond acceptors (Lipinski definition) is 6. The first-order valence-corrected chi connectivity index (χ1v) is 21.3. The molecule has 2 aliphatic heterocycles. The molecule has 10 rings (SSSR count). The standard InChI is InChI=1S/C26H22ClN3O2.C25H20ClN3O2/c1-17-16-28-25-22(10-5-11-23(25)27)24(17)18-6-3-8-20(14-18)32-21-9-4-7-19(15-21)30-13-12-29(2)26(30)31;1-16-15-28-24-21(9-4-10-22(24)26)23(16)17-5-2-7-19(13-17)31-20-8-3-6-18(14-20)29-12-11-27-25(29)30/h3-11,14-16H,12-13H2,1-2H3;2-10,13-15H,11-12H2,1H3,(H,27,30). The Labute approximate surface area is 375 Å². The zero-order valence-electron chi connectivity index (χ0n) is 34.8. The maximum atomic E-state index is 12.3. The minimum absolute atomic E-state index is 0.00264. The largest absolute Gasteiger partial charge is 0.457 e. The molecule has 8 aromatic rings. The maximum Gasteiger partial charge on any atom is 0.324 e. The topological polar surface area (TPSA) is 100 Å². The average Bonchev–Trinajstić information content (AvgIpc) is 3.87. The lowest BCUT2D eigenvalue weighted by atomic mass is 9.97. The molecule has 63 heavy (non-hydrogen) atoms. The van der Waals surface area contributed by atoms with Crippen LogP contribution in [0.5, 0.6) is 23.0 Å². The first-order valence-electron chi connectivity index (χ1n) is 20.5. The van der Waals surface area contributed by atoms with E-state index in [4.69, 9.17) is 32.7 Å². The van der Waals surface area contributed by atoms with Crippen LogP contribution in [0.3, 0.4) is 0 Å². The molecule has 10 nitrogen and oxygen atoms in total. The molecular weight excluding hydrogens is 832 g/mol. The molecule has 12 heteroatoms. The fraction of sp³-hybridized carbons (Fsp3) is 0.137. The van der Waals surface area contributed by atoms with Crippen LogP contribution in [0.25, 0.3) is 44.1 Å². The number of pyridine rings is 2. The Balaban J connectivity index is 0.000000160. The number of ether oxygens (including phenoxy) is 2. The Bertz CT molecular complexity index is 3050. The van der Waals surface area contributed by atoms with Crippen LogP contribution < -0.4 is 24.6 Å². The molecule has 0 radical (unpaired) electrons. The highest BCUT2D eigenvalue weighted by Gasteiger charge is 2.27. The SMILES string of the molecule is Cc1cnc2c(Cl)cccc2c1-c1cccc(Oc2cccc(N3CCN(C)C3=O)c2)c1.Cc1cnc2c(Cl)cccc2c1-c1cccc(Oc2cccc(N3CCNC3=O)c2)c1. The number of anilines is 2. The Hall–Kier alpha value is -7.14. The van der Waals surface area contributed by atoms with Crippen LogP contribution in [-0.2, 0) is 0 Å². The highest BCUT2D eigenvalue weighted by atomic mass is 35.5. The smallest absolute Gasteiger partial charge is 0.324 e. The Morgan fingerprint density at radius 1 is 0.556 bits per heavy atom. The van der Waals surface area contributed by atoms with E-state index in [0.717, 1.165) is 78.9 Å². The predicted molar refractivity (Wildman–Crippen MR) is 253 cm³/mol. The number of nitrogens with one attached hydrogen (secondary N) is 1. The first-order chi connectivity index (χ1) is 30.6. The molecule has 0 bridgehead atoms. The quantitative estimate of drug-likeness (QED) is 0.163. The second-order valence-electron chi connectivity index (χ2n) is 15.4. The number of aromatic nitrogens is 2. The summed E-state index contributed by atoms with van der Waals surface area (Å²) in [6.07, 6.45) is 3.70. The summed E-state index contributed by atoms with van der Waals surface area (Å²) in [5, 5.41) is 6.10. The molecule has 1 N–H and O–H groups in total. The van der Waals surface area contributed by atoms with E-state index in [1.54, 1.807) is 14.7 Å². The van der Waals surface area contributed by atoms with Gasteiger partial charge in [-0.3, -0.25) is 19.8 Å². The number of carbonyl (C=O) groups is 2. The van der Waals surface area contributed by atoms with E-state index < -0.39 is 0 Å². The van der Waals surface area contributed by atoms with E-state index in [0.29, 0.717) is 46.9 Å². The lowest BCUT2D eigenvalue weighted by molar-refractivity contribution is 0.229. The Kier molecular flexibility index (Phi) is 11.6. The highest BCUT2D eigenvalue weighted by Crippen LogP contribution is 2.38. The number of benzene rings is 6. The predicted octanol–water partition coefficient (Wildman–Crippen LogP) is 12.7. The summed E-state index contributed by atoms with van der Waals surface area (Å²) in [6, 6.07) is 42.7. The molecule has 6 aromatic carbocycles. The first kappa shape index (κ1) is 41.2. The summed E-state index contributed by atoms with van der Waals surface area (Å²) in [4.78, 5) is 38.5. The minimum atomic E-state index is -0.0853. The van der Waals surface area contributed by atoms with Crippen molar-refractivity contribution in [2.24, 2.45) is 0 Å². The van der Waals surface area contributed by atoms with Gasteiger partial charge in [-0.15, -0.1) is 0 Å². The van der Waals surface area contributed by atoms with Gasteiger partial charge in [0.05, 0.1) is 21.1 Å². The van der Waals surface area contributed by atoms with Crippen molar-refractivity contribution in [3.05, 3.63) is 167 Å². The number of rotatable bonds is 8. The number of halogens is 2. The minimum Gasteiger partial charge on any atom is -0.457 e. The molecule has 2 saturated heterocycles. The van der Waals surface area contributed by atoms with E-state index in [1.165, 1.54) is 0 Å². The van der Waals surface area contributed by atoms with Gasteiger partial charge in [-0.2, -0.15) is 0 Å². The molecule has 314 valence electrons. The molecule has 4 heterocycles. The van der Waals surface area contributed by atoms with Crippen molar-refractivity contribution < 1.29 is 19.1 Å². The molecular formula is C51H42Cl2N6O4. The monoisotopic (exact) mass is 872 g/mol. The third-order valence-electron chi connectivity index (χ3n) is 11.1. The summed E-state index contributed by atoms with van der Waals surface area (Å²) in [5.41, 5.74) is 9.57. The number of urea groups is 2. The van der Waals surface area contributed by atoms with Gasteiger partial charge in [0.2, 0.25) is 0 Å². The fourth-order valence-electron chi connectivity index (χ4n) is 8.08. The zero-order valence-corrected chi connectivity index (χ0v) is 36.3. The highest BCUT2D eigenvalue weighted by molar-refractivity contribution is 6.36. The summed E-state index contributed by atoms with van der Waals surface area (Å²) in [7, 11) is 1.81. The van der Waals surface area contributed by atoms with Gasteiger partial charge in [-0.1, -0.05) is 83.9 Å². The molecule has 2 aromatic heterocycles. The number of likely N-dealkylation sites (N-methyl/N-ethyl adjacent to an activating group) is 1. The third kappa shape index (κ3) is 8.55. The zero-order chi connectivity index (χ0) is 43.6. The van der Waals surface area contributed by atoms with Gasteiger partial charge in [0.25, 0.3) is 0 Å². The second-order valence-corrected chi connectivity index (χ2v) is 16.2. The Morgan fingerprint density at radius 3 is 1.48 bits per heavy atom. The number of carbonyl (C=O) groups excluding carboxylic acids is 2. The van der Waals surface area contributed by atoms with Crippen molar-refractivity contribution >= 4 is 68.4 Å². The molecule has 0 saturated carbocycles. The van der Waals surface area contributed by atoms with Crippen molar-refractivity contribution in [3.63, 3.8) is 0 Å². The summed E-state index contributed by atoms with van der Waals surface area (Å²) in [5.74, 6) is 2.79. The number of nitrogens with zero attached hydrogens (tertiary/aromatic N) is 5. The van der Waals surface area contributed by atoms with E-state index >= 15 is 0 Å². The molecule has 2 aliphatic rings. The van der Waals surface area contributed by atoms with Crippen molar-refractivity contribution in [2.45, 2.75) is 13.8 Å². The van der Waals surface area contributed by atoms with Gasteiger partial charge < -0.3 is 19.7 Å². The maximum absolute atomic E-state index is 12.3. The molecule has 4 amide bonds. The molecule has 0 spiro atoms. The van der Waals surface area contributed by atoms with Crippen molar-refractivity contribution in [2.75, 3.05) is 43.0 Å². The van der Waals surface area contributed by atoms with Crippen LogP contribution in [-0.4, -0.2) is 60.2 Å². The van der Waals surface area contributed by atoms with Crippen LogP contribution in [0.15, 0.2) is 146 Å². The molecule has 2 fully saturated rings. The normalized spacial score (nSPS) is 13.6. The van der Waals surface area contributed by atoms with Gasteiger partial charge in [0.1, 0.15) is 23.0 Å². The van der Waals surface area contributed by atoms with Crippen LogP contribution >= 0.6 is 23.2 Å². The third-order valence-corrected chi connectivity index (χ3v) is 11.7. The number of para-hydroxylation sites is 2. The number of aryl methyl sites for hydroxylation is 2. The average molecular weight is 874 g/mol. The molecule has 0 atom stereocenters. The van der Waals surface area contributed by atoms with Crippen molar-refractivity contribution in [3.8, 4) is 45.3 Å². The lowest BCUT2D eigenvalue weighted by Gasteiger charge is -2.17. The fourth-order valence-corrected chi connectivity index (χ4v) is 8.52. The van der Waals surface area contributed by atoms with E-state index in [2.05, 4.69) is 27.4 Å². The van der Waals surface area contributed by atoms with Gasteiger partial charge in [0, 0.05) is 79.9 Å². The Morgan fingerprint density at radius 2 is 1.02 bits per heavy atom. The van der Waals surface area contributed by atoms with Crippen LogP contribution in [0.1, 0.15) is 11.1 Å². The molecule has 0 unspecified atom stereocenters. The summed E-state index contributed by atoms with van der Waals surface area (Å²) < 4.78 is 12.3. The van der Waals surface area contributed by atoms with Crippen LogP contribution in [0, 0.1) is 13.8 Å². The second kappa shape index (κ2) is 17.7. The van der Waals surface area contributed by atoms with Gasteiger partial charge >= 0.3 is 12.1 Å². The van der Waals surface area contributed by atoms with Crippen LogP contribution in [0.4, 0.5) is 21.0 Å². The number of amides is 4. The molecule has 0 aliphatic carbocycles. The summed E-state index contributed by atoms with van der Waals surface area (Å²) >= 11 is 12.7. The summed E-state index contributed by atoms with van der Waals surface area (Å²) in [6.45, 7) is 6.77. The van der Waals surface area contributed by atoms with Crippen LogP contribution in [0.2, 0.25) is 10.0 Å².